The van der Waals surface area contributed by atoms with E-state index in [2.05, 4.69) is 20.0 Å². The first-order chi connectivity index (χ1) is 13.4. The van der Waals surface area contributed by atoms with Crippen molar-refractivity contribution < 1.29 is 14.6 Å². The molecule has 0 radical (unpaired) electrons. The maximum Gasteiger partial charge on any atom is 0.253 e. The van der Waals surface area contributed by atoms with Crippen LogP contribution in [-0.4, -0.2) is 34.7 Å². The molecule has 2 N–H and O–H groups in total. The number of ether oxygens (including phenoxy) is 1. The fourth-order valence-electron chi connectivity index (χ4n) is 2.77. The maximum atomic E-state index is 11.3. The van der Waals surface area contributed by atoms with Crippen molar-refractivity contribution in [3.63, 3.8) is 0 Å². The highest BCUT2D eigenvalue weighted by molar-refractivity contribution is 6.10. The Hall–Kier alpha value is -3.81. The predicted octanol–water partition coefficient (Wildman–Crippen LogP) is 1.77. The van der Waals surface area contributed by atoms with Crippen molar-refractivity contribution in [3.8, 4) is 5.75 Å². The van der Waals surface area contributed by atoms with Gasteiger partial charge in [-0.1, -0.05) is 24.3 Å². The first-order valence-corrected chi connectivity index (χ1v) is 8.41. The third-order valence-electron chi connectivity index (χ3n) is 4.12. The number of carboxylic acid groups (broad SMARTS) is 1. The van der Waals surface area contributed by atoms with Gasteiger partial charge >= 0.3 is 0 Å². The number of aromatic nitrogens is 2. The smallest absolute Gasteiger partial charge is 0.253 e. The van der Waals surface area contributed by atoms with E-state index in [4.69, 9.17) is 10.5 Å². The van der Waals surface area contributed by atoms with Gasteiger partial charge in [0.2, 0.25) is 5.96 Å². The highest BCUT2D eigenvalue weighted by Gasteiger charge is 2.08. The van der Waals surface area contributed by atoms with Crippen LogP contribution in [0.3, 0.4) is 0 Å². The molecule has 0 aliphatic heterocycles. The minimum atomic E-state index is -1.29. The molecule has 2 aromatic carbocycles. The Kier molecular flexibility index (Phi) is 5.30. The van der Waals surface area contributed by atoms with Crippen molar-refractivity contribution >= 4 is 34.5 Å². The number of benzene rings is 2. The molecule has 0 saturated heterocycles. The van der Waals surface area contributed by atoms with Gasteiger partial charge in [-0.3, -0.25) is 0 Å². The Morgan fingerprint density at radius 3 is 2.54 bits per heavy atom. The number of rotatable bonds is 4. The zero-order valence-corrected chi connectivity index (χ0v) is 15.6. The first kappa shape index (κ1) is 19.0. The van der Waals surface area contributed by atoms with Crippen LogP contribution < -0.4 is 15.6 Å². The van der Waals surface area contributed by atoms with E-state index >= 15 is 0 Å². The van der Waals surface area contributed by atoms with Crippen LogP contribution in [0, 0.1) is 6.92 Å². The summed E-state index contributed by atoms with van der Waals surface area (Å²) in [5.74, 6) is -0.558. The number of nitrogens with zero attached hydrogens (tertiary/aromatic N) is 4. The Balaban J connectivity index is 1.99. The van der Waals surface area contributed by atoms with Crippen LogP contribution >= 0.6 is 0 Å². The fraction of sp³-hybridized carbons (Fsp3) is 0.150. The normalized spacial score (nSPS) is 12.2. The van der Waals surface area contributed by atoms with E-state index in [9.17, 15) is 9.90 Å². The Bertz CT molecular complexity index is 1120. The highest BCUT2D eigenvalue weighted by atomic mass is 16.5. The van der Waals surface area contributed by atoms with Crippen LogP contribution in [0.1, 0.15) is 28.5 Å². The van der Waals surface area contributed by atoms with Crippen molar-refractivity contribution in [3.05, 3.63) is 59.3 Å². The third-order valence-corrected chi connectivity index (χ3v) is 4.12. The number of aliphatic imine (C=N–C) groups is 2. The lowest BCUT2D eigenvalue weighted by molar-refractivity contribution is -0.255. The largest absolute Gasteiger partial charge is 0.545 e. The molecule has 0 atom stereocenters. The minimum Gasteiger partial charge on any atom is -0.545 e. The average molecular weight is 376 g/mol. The number of hydrogen-bond acceptors (Lipinski definition) is 6. The van der Waals surface area contributed by atoms with Gasteiger partial charge in [-0.05, 0) is 26.0 Å². The van der Waals surface area contributed by atoms with Crippen LogP contribution in [0.2, 0.25) is 0 Å². The summed E-state index contributed by atoms with van der Waals surface area (Å²) in [7, 11) is 1.58. The van der Waals surface area contributed by atoms with Gasteiger partial charge in [0.1, 0.15) is 5.75 Å². The van der Waals surface area contributed by atoms with E-state index < -0.39 is 5.97 Å². The second kappa shape index (κ2) is 7.83. The molecule has 0 bridgehead atoms. The lowest BCUT2D eigenvalue weighted by atomic mass is 10.0. The van der Waals surface area contributed by atoms with E-state index in [1.807, 2.05) is 19.1 Å². The van der Waals surface area contributed by atoms with Crippen LogP contribution in [0.5, 0.6) is 5.75 Å². The molecule has 0 spiro atoms. The summed E-state index contributed by atoms with van der Waals surface area (Å²) in [4.78, 5) is 28.3. The number of methoxy groups -OCH3 is 1. The van der Waals surface area contributed by atoms with E-state index in [1.54, 1.807) is 38.3 Å². The Morgan fingerprint density at radius 1 is 1.14 bits per heavy atom. The third kappa shape index (κ3) is 3.96. The first-order valence-electron chi connectivity index (χ1n) is 8.41. The lowest BCUT2D eigenvalue weighted by Gasteiger charge is -2.09. The number of guanidine groups is 1. The zero-order valence-electron chi connectivity index (χ0n) is 15.6. The van der Waals surface area contributed by atoms with E-state index in [0.29, 0.717) is 22.5 Å². The van der Waals surface area contributed by atoms with Crippen LogP contribution in [-0.2, 0) is 0 Å². The summed E-state index contributed by atoms with van der Waals surface area (Å²) in [6.07, 6.45) is 0. The van der Waals surface area contributed by atoms with Gasteiger partial charge in [-0.2, -0.15) is 4.99 Å². The van der Waals surface area contributed by atoms with E-state index in [-0.39, 0.29) is 17.5 Å². The topological polar surface area (TPSA) is 126 Å². The van der Waals surface area contributed by atoms with Crippen molar-refractivity contribution in [1.29, 1.82) is 0 Å². The van der Waals surface area contributed by atoms with Crippen molar-refractivity contribution in [2.45, 2.75) is 13.8 Å². The summed E-state index contributed by atoms with van der Waals surface area (Å²) in [5.41, 5.74) is 8.14. The van der Waals surface area contributed by atoms with Gasteiger partial charge in [0.05, 0.1) is 24.3 Å². The number of nitrogens with two attached hydrogens (primary N) is 1. The summed E-state index contributed by atoms with van der Waals surface area (Å²) >= 11 is 0. The monoisotopic (exact) mass is 376 g/mol. The Morgan fingerprint density at radius 2 is 1.86 bits per heavy atom. The molecule has 3 aromatic rings. The van der Waals surface area contributed by atoms with Gasteiger partial charge in [0.25, 0.3) is 5.95 Å². The molecule has 3 rings (SSSR count). The summed E-state index contributed by atoms with van der Waals surface area (Å²) in [6.45, 7) is 3.48. The molecule has 8 heteroatoms. The summed E-state index contributed by atoms with van der Waals surface area (Å²) < 4.78 is 5.22. The molecule has 0 unspecified atom stereocenters. The maximum absolute atomic E-state index is 11.3. The minimum absolute atomic E-state index is 0.0291. The summed E-state index contributed by atoms with van der Waals surface area (Å²) in [5, 5.41) is 12.1. The number of aryl methyl sites for hydroxylation is 1. The van der Waals surface area contributed by atoms with Gasteiger partial charge in [0, 0.05) is 28.3 Å². The van der Waals surface area contributed by atoms with Gasteiger partial charge in [0.15, 0.2) is 0 Å². The van der Waals surface area contributed by atoms with Crippen LogP contribution in [0.25, 0.3) is 10.9 Å². The molecule has 142 valence electrons. The van der Waals surface area contributed by atoms with E-state index in [1.165, 1.54) is 6.07 Å². The van der Waals surface area contributed by atoms with E-state index in [0.717, 1.165) is 11.1 Å². The summed E-state index contributed by atoms with van der Waals surface area (Å²) in [6, 6.07) is 11.9. The molecule has 8 nitrogen and oxygen atoms in total. The number of fused-ring (bicyclic) bond motifs is 1. The molecular formula is C20H18N5O3-. The number of carbonyl (C=O) groups excluding carboxylic acids is 1. The molecule has 0 fully saturated rings. The second-order valence-electron chi connectivity index (χ2n) is 5.99. The quantitative estimate of drug-likeness (QED) is 0.546. The van der Waals surface area contributed by atoms with Crippen LogP contribution in [0.4, 0.5) is 5.95 Å². The molecule has 0 aliphatic rings. The van der Waals surface area contributed by atoms with Crippen molar-refractivity contribution in [2.75, 3.05) is 7.11 Å². The predicted molar refractivity (Wildman–Crippen MR) is 105 cm³/mol. The van der Waals surface area contributed by atoms with Crippen LogP contribution in [0.15, 0.2) is 52.4 Å². The van der Waals surface area contributed by atoms with Gasteiger partial charge in [-0.25, -0.2) is 15.0 Å². The SMILES string of the molecule is COc1ccc2c(C)nc(N=C(N)N=C(C)c3ccccc3C(=O)[O-])nc2c1. The lowest BCUT2D eigenvalue weighted by Crippen LogP contribution is -2.25. The molecule has 0 aliphatic carbocycles. The van der Waals surface area contributed by atoms with Crippen molar-refractivity contribution in [1.82, 2.24) is 9.97 Å². The Labute approximate surface area is 161 Å². The molecule has 1 aromatic heterocycles. The second-order valence-corrected chi connectivity index (χ2v) is 5.99. The molecule has 0 amide bonds. The number of carbonyl (C=O) groups is 1. The fourth-order valence-corrected chi connectivity index (χ4v) is 2.77. The highest BCUT2D eigenvalue weighted by Crippen LogP contribution is 2.23. The average Bonchev–Trinajstić information content (AvgIpc) is 2.67. The molecule has 1 heterocycles. The molecule has 0 saturated carbocycles. The number of aromatic carboxylic acids is 1. The standard InChI is InChI=1S/C20H19N5O3/c1-11(14-6-4-5-7-16(14)18(26)27)22-19(21)25-20-23-12(2)15-9-8-13(28-3)10-17(15)24-20/h4-10H,1-3H3,(H,26,27)(H2,21,23,24,25)/p-1. The van der Waals surface area contributed by atoms with Gasteiger partial charge < -0.3 is 20.4 Å². The number of carboxylic acids is 1. The zero-order chi connectivity index (χ0) is 20.3. The van der Waals surface area contributed by atoms with Gasteiger partial charge in [-0.15, -0.1) is 0 Å². The molecule has 28 heavy (non-hydrogen) atoms. The van der Waals surface area contributed by atoms with Crippen molar-refractivity contribution in [2.24, 2.45) is 15.7 Å². The molecular weight excluding hydrogens is 358 g/mol. The number of hydrogen-bond donors (Lipinski definition) is 1.